The molecule has 7 heteroatoms. The molecule has 1 aromatic rings. The largest absolute Gasteiger partial charge is 0.455 e. The second-order valence-electron chi connectivity index (χ2n) is 4.66. The molecule has 16 heavy (non-hydrogen) atoms. The lowest BCUT2D eigenvalue weighted by atomic mass is 9.58. The molecule has 88 valence electrons. The van der Waals surface area contributed by atoms with E-state index in [2.05, 4.69) is 20.0 Å². The van der Waals surface area contributed by atoms with Crippen molar-refractivity contribution < 1.29 is 17.7 Å². The molecular formula is C9H10F3N3O. The van der Waals surface area contributed by atoms with Crippen LogP contribution in [0.1, 0.15) is 30.5 Å². The maximum Gasteiger partial charge on any atom is 0.455 e. The molecule has 1 aliphatic carbocycles. The Kier molecular flexibility index (Phi) is 1.87. The zero-order valence-electron chi connectivity index (χ0n) is 8.34. The maximum absolute atomic E-state index is 12.2. The summed E-state index contributed by atoms with van der Waals surface area (Å²) in [5.41, 5.74) is 0.289. The van der Waals surface area contributed by atoms with Gasteiger partial charge in [-0.1, -0.05) is 5.16 Å². The van der Waals surface area contributed by atoms with Gasteiger partial charge in [-0.3, -0.25) is 0 Å². The zero-order chi connectivity index (χ0) is 11.4. The molecule has 2 heterocycles. The van der Waals surface area contributed by atoms with E-state index in [-0.39, 0.29) is 17.2 Å². The maximum atomic E-state index is 12.2. The van der Waals surface area contributed by atoms with Gasteiger partial charge >= 0.3 is 6.18 Å². The minimum atomic E-state index is -4.51. The number of aromatic nitrogens is 2. The normalized spacial score (nSPS) is 24.2. The van der Waals surface area contributed by atoms with Crippen LogP contribution in [0, 0.1) is 5.41 Å². The minimum absolute atomic E-state index is 0.00528. The predicted octanol–water partition coefficient (Wildman–Crippen LogP) is 1.56. The van der Waals surface area contributed by atoms with Gasteiger partial charge in [0.05, 0.1) is 0 Å². The summed E-state index contributed by atoms with van der Waals surface area (Å²) < 4.78 is 41.3. The molecular weight excluding hydrogens is 223 g/mol. The van der Waals surface area contributed by atoms with Crippen LogP contribution < -0.4 is 5.32 Å². The van der Waals surface area contributed by atoms with Crippen LogP contribution in [0.5, 0.6) is 0 Å². The van der Waals surface area contributed by atoms with Crippen molar-refractivity contribution in [2.75, 3.05) is 13.1 Å². The highest BCUT2D eigenvalue weighted by molar-refractivity contribution is 5.12. The molecule has 2 aliphatic rings. The van der Waals surface area contributed by atoms with E-state index in [0.29, 0.717) is 0 Å². The summed E-state index contributed by atoms with van der Waals surface area (Å²) in [5, 5.41) is 6.11. The number of alkyl halides is 3. The lowest BCUT2D eigenvalue weighted by molar-refractivity contribution is -0.146. The van der Waals surface area contributed by atoms with E-state index in [4.69, 9.17) is 0 Å². The van der Waals surface area contributed by atoms with Gasteiger partial charge in [-0.2, -0.15) is 18.2 Å². The fourth-order valence-corrected chi connectivity index (χ4v) is 2.44. The molecule has 3 rings (SSSR count). The molecule has 0 atom stereocenters. The van der Waals surface area contributed by atoms with Crippen LogP contribution in [0.3, 0.4) is 0 Å². The molecule has 0 radical (unpaired) electrons. The zero-order valence-corrected chi connectivity index (χ0v) is 8.34. The Morgan fingerprint density at radius 3 is 2.44 bits per heavy atom. The molecule has 2 fully saturated rings. The second-order valence-corrected chi connectivity index (χ2v) is 4.66. The van der Waals surface area contributed by atoms with Crippen molar-refractivity contribution in [1.82, 2.24) is 15.5 Å². The van der Waals surface area contributed by atoms with Gasteiger partial charge in [0.15, 0.2) is 0 Å². The summed E-state index contributed by atoms with van der Waals surface area (Å²) in [6.45, 7) is 1.90. The average Bonchev–Trinajstić information content (AvgIpc) is 2.45. The number of hydrogen-bond acceptors (Lipinski definition) is 4. The van der Waals surface area contributed by atoms with Gasteiger partial charge in [0, 0.05) is 19.0 Å². The van der Waals surface area contributed by atoms with Crippen LogP contribution in [-0.4, -0.2) is 23.2 Å². The number of nitrogens with zero attached hydrogens (tertiary/aromatic N) is 2. The van der Waals surface area contributed by atoms with Gasteiger partial charge in [0.25, 0.3) is 5.82 Å². The van der Waals surface area contributed by atoms with Gasteiger partial charge in [-0.05, 0) is 18.3 Å². The van der Waals surface area contributed by atoms with E-state index >= 15 is 0 Å². The summed E-state index contributed by atoms with van der Waals surface area (Å²) in [6.07, 6.45) is -2.82. The fourth-order valence-electron chi connectivity index (χ4n) is 2.44. The highest BCUT2D eigenvalue weighted by Crippen LogP contribution is 2.52. The van der Waals surface area contributed by atoms with Gasteiger partial charge in [0.2, 0.25) is 5.89 Å². The number of halogens is 3. The standard InChI is InChI=1S/C9H10F3N3O/c10-9(11,12)7-14-6(16-15-7)5-1-8(2-5)3-13-4-8/h5,13H,1-4H2. The average molecular weight is 233 g/mol. The van der Waals surface area contributed by atoms with E-state index in [0.717, 1.165) is 25.9 Å². The van der Waals surface area contributed by atoms with E-state index in [1.165, 1.54) is 0 Å². The Morgan fingerprint density at radius 2 is 2.00 bits per heavy atom. The van der Waals surface area contributed by atoms with E-state index in [9.17, 15) is 13.2 Å². The third-order valence-electron chi connectivity index (χ3n) is 3.40. The van der Waals surface area contributed by atoms with Gasteiger partial charge < -0.3 is 9.84 Å². The van der Waals surface area contributed by atoms with Crippen LogP contribution in [0.25, 0.3) is 0 Å². The van der Waals surface area contributed by atoms with Crippen molar-refractivity contribution in [3.8, 4) is 0 Å². The first-order valence-electron chi connectivity index (χ1n) is 5.10. The third kappa shape index (κ3) is 1.41. The van der Waals surface area contributed by atoms with Crippen molar-refractivity contribution in [2.24, 2.45) is 5.41 Å². The molecule has 4 nitrogen and oxygen atoms in total. The first-order valence-corrected chi connectivity index (χ1v) is 5.10. The predicted molar refractivity (Wildman–Crippen MR) is 46.6 cm³/mol. The smallest absolute Gasteiger partial charge is 0.339 e. The lowest BCUT2D eigenvalue weighted by Crippen LogP contribution is -2.59. The van der Waals surface area contributed by atoms with Crippen molar-refractivity contribution in [3.05, 3.63) is 11.7 Å². The van der Waals surface area contributed by atoms with E-state index in [1.54, 1.807) is 0 Å². The second kappa shape index (κ2) is 2.97. The van der Waals surface area contributed by atoms with Gasteiger partial charge in [-0.15, -0.1) is 0 Å². The highest BCUT2D eigenvalue weighted by Gasteiger charge is 2.51. The van der Waals surface area contributed by atoms with Crippen molar-refractivity contribution >= 4 is 0 Å². The van der Waals surface area contributed by atoms with Crippen LogP contribution in [-0.2, 0) is 6.18 Å². The third-order valence-corrected chi connectivity index (χ3v) is 3.40. The Morgan fingerprint density at radius 1 is 1.31 bits per heavy atom. The molecule has 1 aromatic heterocycles. The molecule has 1 spiro atoms. The quantitative estimate of drug-likeness (QED) is 0.799. The molecule has 1 saturated heterocycles. The van der Waals surface area contributed by atoms with Crippen LogP contribution in [0.4, 0.5) is 13.2 Å². The lowest BCUT2D eigenvalue weighted by Gasteiger charge is -2.53. The molecule has 0 unspecified atom stereocenters. The Hall–Kier alpha value is -1.11. The first kappa shape index (κ1) is 10.1. The molecule has 1 saturated carbocycles. The number of rotatable bonds is 1. The Bertz CT molecular complexity index is 402. The summed E-state index contributed by atoms with van der Waals surface area (Å²) in [7, 11) is 0. The SMILES string of the molecule is FC(F)(F)c1noc(C2CC3(CNC3)C2)n1. The molecule has 1 aliphatic heterocycles. The monoisotopic (exact) mass is 233 g/mol. The van der Waals surface area contributed by atoms with Crippen molar-refractivity contribution in [1.29, 1.82) is 0 Å². The summed E-state index contributed by atoms with van der Waals surface area (Å²) in [4.78, 5) is 3.40. The van der Waals surface area contributed by atoms with Crippen LogP contribution >= 0.6 is 0 Å². The number of nitrogens with one attached hydrogen (secondary N) is 1. The van der Waals surface area contributed by atoms with Gasteiger partial charge in [-0.25, -0.2) is 0 Å². The summed E-state index contributed by atoms with van der Waals surface area (Å²) >= 11 is 0. The first-order chi connectivity index (χ1) is 7.49. The fraction of sp³-hybridized carbons (Fsp3) is 0.778. The Labute approximate surface area is 89.2 Å². The van der Waals surface area contributed by atoms with Crippen molar-refractivity contribution in [2.45, 2.75) is 24.9 Å². The molecule has 0 amide bonds. The highest BCUT2D eigenvalue weighted by atomic mass is 19.4. The van der Waals surface area contributed by atoms with Gasteiger partial charge in [0.1, 0.15) is 0 Å². The molecule has 0 bridgehead atoms. The van der Waals surface area contributed by atoms with Crippen LogP contribution in [0.15, 0.2) is 4.52 Å². The minimum Gasteiger partial charge on any atom is -0.339 e. The topological polar surface area (TPSA) is 51.0 Å². The summed E-state index contributed by atoms with van der Waals surface area (Å²) in [6, 6.07) is 0. The molecule has 0 aromatic carbocycles. The van der Waals surface area contributed by atoms with Crippen LogP contribution in [0.2, 0.25) is 0 Å². The van der Waals surface area contributed by atoms with E-state index < -0.39 is 12.0 Å². The summed E-state index contributed by atoms with van der Waals surface area (Å²) in [5.74, 6) is -1.04. The molecule has 1 N–H and O–H groups in total. The van der Waals surface area contributed by atoms with Crippen molar-refractivity contribution in [3.63, 3.8) is 0 Å². The number of hydrogen-bond donors (Lipinski definition) is 1. The Balaban J connectivity index is 1.70. The van der Waals surface area contributed by atoms with E-state index in [1.807, 2.05) is 0 Å².